The minimum atomic E-state index is 0.482. The fourth-order valence-corrected chi connectivity index (χ4v) is 2.90. The van der Waals surface area contributed by atoms with E-state index >= 15 is 0 Å². The van der Waals surface area contributed by atoms with E-state index in [9.17, 15) is 0 Å². The van der Waals surface area contributed by atoms with Gasteiger partial charge >= 0.3 is 0 Å². The maximum Gasteiger partial charge on any atom is 0.218 e. The number of aromatic nitrogens is 1. The quantitative estimate of drug-likeness (QED) is 0.672. The number of hydrogen-bond acceptors (Lipinski definition) is 3. The van der Waals surface area contributed by atoms with Gasteiger partial charge in [0.05, 0.1) is 6.54 Å². The van der Waals surface area contributed by atoms with Gasteiger partial charge in [-0.2, -0.15) is 0 Å². The Morgan fingerprint density at radius 2 is 1.96 bits per heavy atom. The van der Waals surface area contributed by atoms with E-state index in [-0.39, 0.29) is 0 Å². The molecular formula is C20H26N4O. The van der Waals surface area contributed by atoms with E-state index in [4.69, 9.17) is 10.5 Å². The van der Waals surface area contributed by atoms with Crippen molar-refractivity contribution in [1.29, 1.82) is 0 Å². The molecule has 1 aliphatic heterocycles. The summed E-state index contributed by atoms with van der Waals surface area (Å²) in [5, 5.41) is 0. The number of rotatable bonds is 5. The highest BCUT2D eigenvalue weighted by Crippen LogP contribution is 2.18. The van der Waals surface area contributed by atoms with Gasteiger partial charge in [-0.1, -0.05) is 43.3 Å². The summed E-state index contributed by atoms with van der Waals surface area (Å²) < 4.78 is 5.88. The molecule has 5 nitrogen and oxygen atoms in total. The highest BCUT2D eigenvalue weighted by atomic mass is 16.5. The first-order valence-electron chi connectivity index (χ1n) is 8.88. The molecule has 1 saturated heterocycles. The van der Waals surface area contributed by atoms with Gasteiger partial charge in [0, 0.05) is 24.8 Å². The molecule has 0 unspecified atom stereocenters. The molecule has 0 aliphatic carbocycles. The summed E-state index contributed by atoms with van der Waals surface area (Å²) in [6, 6.07) is 14.0. The predicted molar refractivity (Wildman–Crippen MR) is 100 cm³/mol. The molecule has 0 radical (unpaired) electrons. The minimum Gasteiger partial charge on any atom is -0.473 e. The highest BCUT2D eigenvalue weighted by Gasteiger charge is 2.17. The van der Waals surface area contributed by atoms with Crippen LogP contribution in [-0.4, -0.2) is 28.9 Å². The number of pyridine rings is 1. The summed E-state index contributed by atoms with van der Waals surface area (Å²) in [6.45, 7) is 5.24. The molecule has 2 heterocycles. The van der Waals surface area contributed by atoms with Crippen LogP contribution in [0.4, 0.5) is 0 Å². The molecule has 1 aromatic heterocycles. The first-order valence-corrected chi connectivity index (χ1v) is 8.88. The van der Waals surface area contributed by atoms with Gasteiger partial charge in [0.1, 0.15) is 6.61 Å². The smallest absolute Gasteiger partial charge is 0.218 e. The van der Waals surface area contributed by atoms with Gasteiger partial charge in [-0.3, -0.25) is 0 Å². The van der Waals surface area contributed by atoms with Crippen molar-refractivity contribution >= 4 is 5.96 Å². The molecule has 3 rings (SSSR count). The Hall–Kier alpha value is -2.56. The van der Waals surface area contributed by atoms with E-state index < -0.39 is 0 Å². The van der Waals surface area contributed by atoms with Crippen LogP contribution < -0.4 is 10.5 Å². The van der Waals surface area contributed by atoms with E-state index in [1.165, 1.54) is 12.8 Å². The first kappa shape index (κ1) is 17.3. The normalized spacial score (nSPS) is 16.0. The molecule has 1 fully saturated rings. The fraction of sp³-hybridized carbons (Fsp3) is 0.400. The number of aliphatic imine (C=N–C) groups is 1. The van der Waals surface area contributed by atoms with Crippen LogP contribution in [0.3, 0.4) is 0 Å². The lowest BCUT2D eigenvalue weighted by Crippen LogP contribution is -2.42. The topological polar surface area (TPSA) is 63.7 Å². The van der Waals surface area contributed by atoms with Crippen LogP contribution in [0, 0.1) is 5.92 Å². The number of benzene rings is 1. The number of ether oxygens (including phenoxy) is 1. The molecule has 0 bridgehead atoms. The summed E-state index contributed by atoms with van der Waals surface area (Å²) >= 11 is 0. The lowest BCUT2D eigenvalue weighted by Gasteiger charge is -2.31. The van der Waals surface area contributed by atoms with Crippen molar-refractivity contribution in [3.05, 3.63) is 59.8 Å². The molecule has 0 saturated carbocycles. The van der Waals surface area contributed by atoms with Crippen LogP contribution in [0.2, 0.25) is 0 Å². The molecule has 25 heavy (non-hydrogen) atoms. The highest BCUT2D eigenvalue weighted by molar-refractivity contribution is 5.78. The van der Waals surface area contributed by atoms with E-state index in [0.29, 0.717) is 25.0 Å². The van der Waals surface area contributed by atoms with Crippen molar-refractivity contribution < 1.29 is 4.74 Å². The van der Waals surface area contributed by atoms with Gasteiger partial charge < -0.3 is 15.4 Å². The largest absolute Gasteiger partial charge is 0.473 e. The van der Waals surface area contributed by atoms with Crippen LogP contribution in [-0.2, 0) is 13.2 Å². The zero-order chi connectivity index (χ0) is 17.5. The summed E-state index contributed by atoms with van der Waals surface area (Å²) in [5.74, 6) is 2.01. The standard InChI is InChI=1S/C20H26N4O/c1-16-9-12-24(13-10-16)20(21)23-14-18-8-5-11-22-19(18)25-15-17-6-3-2-4-7-17/h2-8,11,16H,9-10,12-15H2,1H3,(H2,21,23). The van der Waals surface area contributed by atoms with Gasteiger partial charge in [0.25, 0.3) is 0 Å². The molecule has 0 atom stereocenters. The average Bonchev–Trinajstić information content (AvgIpc) is 2.66. The second-order valence-electron chi connectivity index (χ2n) is 6.59. The Balaban J connectivity index is 1.61. The fourth-order valence-electron chi connectivity index (χ4n) is 2.90. The van der Waals surface area contributed by atoms with Crippen LogP contribution in [0.15, 0.2) is 53.7 Å². The van der Waals surface area contributed by atoms with Gasteiger partial charge in [-0.15, -0.1) is 0 Å². The molecule has 0 spiro atoms. The number of likely N-dealkylation sites (tertiary alicyclic amines) is 1. The van der Waals surface area contributed by atoms with Crippen molar-refractivity contribution in [1.82, 2.24) is 9.88 Å². The summed E-state index contributed by atoms with van der Waals surface area (Å²) in [4.78, 5) is 11.1. The lowest BCUT2D eigenvalue weighted by atomic mass is 10.00. The zero-order valence-electron chi connectivity index (χ0n) is 14.8. The Kier molecular flexibility index (Phi) is 5.88. The Morgan fingerprint density at radius 1 is 1.20 bits per heavy atom. The minimum absolute atomic E-state index is 0.482. The molecular weight excluding hydrogens is 312 g/mol. The zero-order valence-corrected chi connectivity index (χ0v) is 14.8. The number of nitrogens with zero attached hydrogens (tertiary/aromatic N) is 3. The predicted octanol–water partition coefficient (Wildman–Crippen LogP) is 3.21. The van der Waals surface area contributed by atoms with Crippen molar-refractivity contribution in [2.75, 3.05) is 13.1 Å². The molecule has 0 amide bonds. The van der Waals surface area contributed by atoms with Crippen LogP contribution in [0.1, 0.15) is 30.9 Å². The second kappa shape index (κ2) is 8.51. The second-order valence-corrected chi connectivity index (χ2v) is 6.59. The number of nitrogens with two attached hydrogens (primary N) is 1. The molecule has 5 heteroatoms. The van der Waals surface area contributed by atoms with Crippen molar-refractivity contribution in [3.63, 3.8) is 0 Å². The van der Waals surface area contributed by atoms with E-state index in [2.05, 4.69) is 21.8 Å². The van der Waals surface area contributed by atoms with E-state index in [0.717, 1.165) is 30.1 Å². The number of guanidine groups is 1. The van der Waals surface area contributed by atoms with Gasteiger partial charge in [0.2, 0.25) is 5.88 Å². The van der Waals surface area contributed by atoms with Crippen molar-refractivity contribution in [2.24, 2.45) is 16.6 Å². The Labute approximate surface area is 149 Å². The van der Waals surface area contributed by atoms with Gasteiger partial charge in [-0.25, -0.2) is 9.98 Å². The molecule has 132 valence electrons. The third-order valence-corrected chi connectivity index (χ3v) is 4.59. The average molecular weight is 338 g/mol. The van der Waals surface area contributed by atoms with Crippen LogP contribution in [0.25, 0.3) is 0 Å². The van der Waals surface area contributed by atoms with Gasteiger partial charge in [-0.05, 0) is 30.4 Å². The lowest BCUT2D eigenvalue weighted by molar-refractivity contribution is 0.277. The SMILES string of the molecule is CC1CCN(C(N)=NCc2cccnc2OCc2ccccc2)CC1. The maximum atomic E-state index is 6.17. The molecule has 2 N–H and O–H groups in total. The van der Waals surface area contributed by atoms with Crippen LogP contribution >= 0.6 is 0 Å². The van der Waals surface area contributed by atoms with E-state index in [1.807, 2.05) is 42.5 Å². The third kappa shape index (κ3) is 4.95. The molecule has 2 aromatic rings. The third-order valence-electron chi connectivity index (χ3n) is 4.59. The van der Waals surface area contributed by atoms with Crippen LogP contribution in [0.5, 0.6) is 5.88 Å². The summed E-state index contributed by atoms with van der Waals surface area (Å²) in [7, 11) is 0. The summed E-state index contributed by atoms with van der Waals surface area (Å²) in [5.41, 5.74) is 8.24. The molecule has 1 aromatic carbocycles. The molecule has 1 aliphatic rings. The summed E-state index contributed by atoms with van der Waals surface area (Å²) in [6.07, 6.45) is 4.09. The first-order chi connectivity index (χ1) is 12.2. The Bertz CT molecular complexity index is 694. The van der Waals surface area contributed by atoms with Crippen molar-refractivity contribution in [3.8, 4) is 5.88 Å². The monoisotopic (exact) mass is 338 g/mol. The van der Waals surface area contributed by atoms with E-state index in [1.54, 1.807) is 6.20 Å². The van der Waals surface area contributed by atoms with Gasteiger partial charge in [0.15, 0.2) is 5.96 Å². The number of piperidine rings is 1. The maximum absolute atomic E-state index is 6.17. The van der Waals surface area contributed by atoms with Crippen molar-refractivity contribution in [2.45, 2.75) is 32.9 Å². The number of hydrogen-bond donors (Lipinski definition) is 1. The Morgan fingerprint density at radius 3 is 2.72 bits per heavy atom.